The molecule has 0 aliphatic rings. The zero-order valence-corrected chi connectivity index (χ0v) is 12.0. The standard InChI is InChI=1S/C16H14N2O2S/c19-21(20,15-10-5-2-6-11-15)17-18-13-7-12-16(18)14-8-3-1-4-9-14/h1-13,17H. The van der Waals surface area contributed by atoms with Crippen LogP contribution in [-0.2, 0) is 10.0 Å². The van der Waals surface area contributed by atoms with E-state index in [0.29, 0.717) is 0 Å². The van der Waals surface area contributed by atoms with Gasteiger partial charge in [0, 0.05) is 11.8 Å². The van der Waals surface area contributed by atoms with E-state index in [1.165, 1.54) is 4.68 Å². The van der Waals surface area contributed by atoms with Crippen molar-refractivity contribution in [3.05, 3.63) is 79.0 Å². The van der Waals surface area contributed by atoms with Gasteiger partial charge in [-0.15, -0.1) is 0 Å². The minimum absolute atomic E-state index is 0.234. The molecule has 0 aliphatic carbocycles. The zero-order valence-electron chi connectivity index (χ0n) is 11.2. The molecule has 1 heterocycles. The fourth-order valence-electron chi connectivity index (χ4n) is 2.09. The second-order valence-electron chi connectivity index (χ2n) is 4.54. The molecule has 0 unspecified atom stereocenters. The molecule has 2 aromatic carbocycles. The van der Waals surface area contributed by atoms with Crippen LogP contribution < -0.4 is 4.83 Å². The summed E-state index contributed by atoms with van der Waals surface area (Å²) in [6, 6.07) is 21.6. The monoisotopic (exact) mass is 298 g/mol. The molecule has 0 spiro atoms. The average Bonchev–Trinajstić information content (AvgIpc) is 2.96. The number of rotatable bonds is 4. The number of benzene rings is 2. The Labute approximate surface area is 123 Å². The average molecular weight is 298 g/mol. The number of hydrogen-bond acceptors (Lipinski definition) is 2. The van der Waals surface area contributed by atoms with E-state index in [0.717, 1.165) is 11.3 Å². The van der Waals surface area contributed by atoms with Gasteiger partial charge in [-0.25, -0.2) is 4.83 Å². The van der Waals surface area contributed by atoms with Gasteiger partial charge in [0.25, 0.3) is 10.0 Å². The van der Waals surface area contributed by atoms with Crippen LogP contribution in [0.15, 0.2) is 83.9 Å². The van der Waals surface area contributed by atoms with Gasteiger partial charge in [-0.05, 0) is 24.3 Å². The van der Waals surface area contributed by atoms with Gasteiger partial charge < -0.3 is 0 Å². The lowest BCUT2D eigenvalue weighted by Gasteiger charge is -2.12. The number of sulfonamides is 1. The van der Waals surface area contributed by atoms with Gasteiger partial charge in [0.05, 0.1) is 10.6 Å². The molecule has 1 N–H and O–H groups in total. The fraction of sp³-hybridized carbons (Fsp3) is 0. The smallest absolute Gasteiger partial charge is 0.253 e. The molecule has 0 atom stereocenters. The molecule has 106 valence electrons. The lowest BCUT2D eigenvalue weighted by atomic mass is 10.2. The molecule has 3 rings (SSSR count). The molecule has 0 aliphatic heterocycles. The summed E-state index contributed by atoms with van der Waals surface area (Å²) in [5, 5.41) is 0. The summed E-state index contributed by atoms with van der Waals surface area (Å²) in [5.74, 6) is 0. The van der Waals surface area contributed by atoms with Gasteiger partial charge in [0.2, 0.25) is 0 Å². The molecule has 3 aromatic rings. The first kappa shape index (κ1) is 13.5. The van der Waals surface area contributed by atoms with Gasteiger partial charge in [-0.3, -0.25) is 4.68 Å². The first-order chi connectivity index (χ1) is 10.2. The van der Waals surface area contributed by atoms with E-state index in [-0.39, 0.29) is 4.90 Å². The molecule has 4 nitrogen and oxygen atoms in total. The molecule has 0 saturated heterocycles. The minimum atomic E-state index is -3.60. The van der Waals surface area contributed by atoms with Crippen LogP contribution in [-0.4, -0.2) is 13.1 Å². The summed E-state index contributed by atoms with van der Waals surface area (Å²) < 4.78 is 26.2. The quantitative estimate of drug-likeness (QED) is 0.804. The molecular formula is C16H14N2O2S. The van der Waals surface area contributed by atoms with Gasteiger partial charge in [0.15, 0.2) is 0 Å². The minimum Gasteiger partial charge on any atom is -0.253 e. The lowest BCUT2D eigenvalue weighted by molar-refractivity contribution is 0.595. The summed E-state index contributed by atoms with van der Waals surface area (Å²) in [4.78, 5) is 2.80. The Balaban J connectivity index is 1.96. The maximum absolute atomic E-state index is 12.4. The van der Waals surface area contributed by atoms with Gasteiger partial charge in [0.1, 0.15) is 0 Å². The van der Waals surface area contributed by atoms with Crippen molar-refractivity contribution < 1.29 is 8.42 Å². The van der Waals surface area contributed by atoms with E-state index in [2.05, 4.69) is 4.83 Å². The van der Waals surface area contributed by atoms with E-state index >= 15 is 0 Å². The summed E-state index contributed by atoms with van der Waals surface area (Å²) in [6.45, 7) is 0. The Morgan fingerprint density at radius 3 is 2.05 bits per heavy atom. The SMILES string of the molecule is O=S(=O)(Nn1cccc1-c1ccccc1)c1ccccc1. The van der Waals surface area contributed by atoms with Crippen molar-refractivity contribution in [2.45, 2.75) is 4.90 Å². The molecule has 5 heteroatoms. The predicted octanol–water partition coefficient (Wildman–Crippen LogP) is 3.09. The second kappa shape index (κ2) is 5.46. The van der Waals surface area contributed by atoms with Crippen LogP contribution >= 0.6 is 0 Å². The Morgan fingerprint density at radius 2 is 1.38 bits per heavy atom. The summed E-state index contributed by atoms with van der Waals surface area (Å²) in [6.07, 6.45) is 1.68. The number of nitrogens with one attached hydrogen (secondary N) is 1. The van der Waals surface area contributed by atoms with Crippen LogP contribution in [0.2, 0.25) is 0 Å². The third kappa shape index (κ3) is 2.83. The van der Waals surface area contributed by atoms with Crippen LogP contribution in [0.4, 0.5) is 0 Å². The van der Waals surface area contributed by atoms with Crippen LogP contribution in [0.5, 0.6) is 0 Å². The number of aromatic nitrogens is 1. The van der Waals surface area contributed by atoms with E-state index in [9.17, 15) is 8.42 Å². The van der Waals surface area contributed by atoms with Crippen molar-refractivity contribution in [3.8, 4) is 11.3 Å². The molecule has 0 bridgehead atoms. The highest BCUT2D eigenvalue weighted by Gasteiger charge is 2.15. The van der Waals surface area contributed by atoms with E-state index in [1.54, 1.807) is 42.6 Å². The third-order valence-electron chi connectivity index (χ3n) is 3.09. The van der Waals surface area contributed by atoms with Crippen LogP contribution in [0.25, 0.3) is 11.3 Å². The molecule has 0 fully saturated rings. The number of nitrogens with zero attached hydrogens (tertiary/aromatic N) is 1. The molecule has 0 radical (unpaired) electrons. The summed E-state index contributed by atoms with van der Waals surface area (Å²) in [7, 11) is -3.60. The van der Waals surface area contributed by atoms with Gasteiger partial charge >= 0.3 is 0 Å². The lowest BCUT2D eigenvalue weighted by Crippen LogP contribution is -2.23. The summed E-state index contributed by atoms with van der Waals surface area (Å²) >= 11 is 0. The zero-order chi connectivity index (χ0) is 14.7. The molecular weight excluding hydrogens is 284 g/mol. The molecule has 0 saturated carbocycles. The van der Waals surface area contributed by atoms with Crippen LogP contribution in [0.3, 0.4) is 0 Å². The topological polar surface area (TPSA) is 51.1 Å². The third-order valence-corrected chi connectivity index (χ3v) is 4.42. The van der Waals surface area contributed by atoms with Crippen molar-refractivity contribution in [2.75, 3.05) is 4.83 Å². The maximum Gasteiger partial charge on any atom is 0.275 e. The fourth-order valence-corrected chi connectivity index (χ4v) is 3.13. The highest BCUT2D eigenvalue weighted by molar-refractivity contribution is 7.92. The van der Waals surface area contributed by atoms with Crippen molar-refractivity contribution in [1.29, 1.82) is 0 Å². The van der Waals surface area contributed by atoms with Crippen molar-refractivity contribution in [3.63, 3.8) is 0 Å². The van der Waals surface area contributed by atoms with Crippen molar-refractivity contribution in [1.82, 2.24) is 4.68 Å². The largest absolute Gasteiger partial charge is 0.275 e. The Kier molecular flexibility index (Phi) is 3.50. The Morgan fingerprint density at radius 1 is 0.762 bits per heavy atom. The molecule has 0 amide bonds. The van der Waals surface area contributed by atoms with Crippen molar-refractivity contribution in [2.24, 2.45) is 0 Å². The Hall–Kier alpha value is -2.53. The number of hydrogen-bond donors (Lipinski definition) is 1. The highest BCUT2D eigenvalue weighted by Crippen LogP contribution is 2.19. The maximum atomic E-state index is 12.4. The van der Waals surface area contributed by atoms with E-state index in [4.69, 9.17) is 0 Å². The van der Waals surface area contributed by atoms with Crippen LogP contribution in [0, 0.1) is 0 Å². The van der Waals surface area contributed by atoms with Gasteiger partial charge in [-0.1, -0.05) is 48.5 Å². The summed E-state index contributed by atoms with van der Waals surface area (Å²) in [5.41, 5.74) is 1.73. The predicted molar refractivity (Wildman–Crippen MR) is 82.9 cm³/mol. The van der Waals surface area contributed by atoms with E-state index in [1.807, 2.05) is 36.4 Å². The first-order valence-electron chi connectivity index (χ1n) is 6.47. The Bertz CT molecular complexity index is 825. The van der Waals surface area contributed by atoms with E-state index < -0.39 is 10.0 Å². The first-order valence-corrected chi connectivity index (χ1v) is 7.96. The van der Waals surface area contributed by atoms with Crippen molar-refractivity contribution >= 4 is 10.0 Å². The molecule has 1 aromatic heterocycles. The van der Waals surface area contributed by atoms with Crippen LogP contribution in [0.1, 0.15) is 0 Å². The highest BCUT2D eigenvalue weighted by atomic mass is 32.2. The second-order valence-corrected chi connectivity index (χ2v) is 6.20. The normalized spacial score (nSPS) is 11.2. The molecule has 21 heavy (non-hydrogen) atoms. The van der Waals surface area contributed by atoms with Gasteiger partial charge in [-0.2, -0.15) is 8.42 Å².